The van der Waals surface area contributed by atoms with E-state index in [4.69, 9.17) is 21.5 Å². The van der Waals surface area contributed by atoms with E-state index >= 15 is 0 Å². The number of ether oxygens (including phenoxy) is 1. The first-order chi connectivity index (χ1) is 9.36. The third-order valence-corrected chi connectivity index (χ3v) is 3.90. The summed E-state index contributed by atoms with van der Waals surface area (Å²) in [7, 11) is -3.69. The fourth-order valence-corrected chi connectivity index (χ4v) is 2.56. The molecule has 0 spiro atoms. The van der Waals surface area contributed by atoms with Crippen LogP contribution in [0.2, 0.25) is 5.02 Å². The summed E-state index contributed by atoms with van der Waals surface area (Å²) in [5.74, 6) is 0.609. The van der Waals surface area contributed by atoms with E-state index in [0.717, 1.165) is 5.56 Å². The molecule has 0 fully saturated rings. The fourth-order valence-electron chi connectivity index (χ4n) is 1.75. The molecule has 2 rings (SSSR count). The number of hydrogen-bond acceptors (Lipinski definition) is 3. The van der Waals surface area contributed by atoms with Gasteiger partial charge in [0, 0.05) is 5.02 Å². The van der Waals surface area contributed by atoms with Crippen LogP contribution in [0, 0.1) is 6.92 Å². The zero-order valence-corrected chi connectivity index (χ0v) is 12.4. The van der Waals surface area contributed by atoms with Gasteiger partial charge >= 0.3 is 0 Å². The van der Waals surface area contributed by atoms with Gasteiger partial charge in [-0.15, -0.1) is 0 Å². The fraction of sp³-hybridized carbons (Fsp3) is 0.143. The Morgan fingerprint density at radius 1 is 1.20 bits per heavy atom. The molecule has 6 heteroatoms. The summed E-state index contributed by atoms with van der Waals surface area (Å²) in [5, 5.41) is 5.72. The van der Waals surface area contributed by atoms with Gasteiger partial charge in [-0.05, 0) is 48.4 Å². The Kier molecular flexibility index (Phi) is 4.32. The topological polar surface area (TPSA) is 69.4 Å². The van der Waals surface area contributed by atoms with Crippen LogP contribution in [0.4, 0.5) is 0 Å². The van der Waals surface area contributed by atoms with Gasteiger partial charge < -0.3 is 4.74 Å². The summed E-state index contributed by atoms with van der Waals surface area (Å²) in [6.45, 7) is 2.12. The quantitative estimate of drug-likeness (QED) is 0.944. The van der Waals surface area contributed by atoms with Crippen molar-refractivity contribution in [3.8, 4) is 5.75 Å². The molecule has 0 saturated heterocycles. The SMILES string of the molecule is Cc1cc(S(N)(=O)=O)ccc1OCc1cccc(Cl)c1. The Balaban J connectivity index is 2.15. The summed E-state index contributed by atoms with van der Waals surface area (Å²) in [4.78, 5) is 0.0742. The molecule has 0 aromatic heterocycles. The standard InChI is InChI=1S/C14H14ClNO3S/c1-10-7-13(20(16,17)18)5-6-14(10)19-9-11-3-2-4-12(15)8-11/h2-8H,9H2,1H3,(H2,16,17,18). The van der Waals surface area contributed by atoms with E-state index in [1.54, 1.807) is 19.1 Å². The molecule has 2 aromatic carbocycles. The summed E-state index contributed by atoms with van der Waals surface area (Å²) in [5.41, 5.74) is 1.64. The third kappa shape index (κ3) is 3.72. The van der Waals surface area contributed by atoms with Gasteiger partial charge in [-0.3, -0.25) is 0 Å². The second-order valence-corrected chi connectivity index (χ2v) is 6.39. The molecule has 0 bridgehead atoms. The van der Waals surface area contributed by atoms with Crippen LogP contribution in [0.25, 0.3) is 0 Å². The Labute approximate surface area is 123 Å². The number of sulfonamides is 1. The predicted molar refractivity (Wildman–Crippen MR) is 78.3 cm³/mol. The lowest BCUT2D eigenvalue weighted by atomic mass is 10.2. The number of nitrogens with two attached hydrogens (primary N) is 1. The van der Waals surface area contributed by atoms with Crippen LogP contribution in [0.1, 0.15) is 11.1 Å². The highest BCUT2D eigenvalue weighted by Crippen LogP contribution is 2.22. The van der Waals surface area contributed by atoms with Crippen molar-refractivity contribution >= 4 is 21.6 Å². The maximum absolute atomic E-state index is 11.2. The van der Waals surface area contributed by atoms with Gasteiger partial charge in [-0.25, -0.2) is 13.6 Å². The van der Waals surface area contributed by atoms with Crippen molar-refractivity contribution in [1.29, 1.82) is 0 Å². The van der Waals surface area contributed by atoms with Gasteiger partial charge in [0.05, 0.1) is 4.90 Å². The van der Waals surface area contributed by atoms with Gasteiger partial charge in [0.25, 0.3) is 0 Å². The smallest absolute Gasteiger partial charge is 0.238 e. The van der Waals surface area contributed by atoms with Gasteiger partial charge in [0.2, 0.25) is 10.0 Å². The van der Waals surface area contributed by atoms with Crippen LogP contribution in [-0.2, 0) is 16.6 Å². The molecule has 0 aliphatic carbocycles. The van der Waals surface area contributed by atoms with Crippen molar-refractivity contribution in [3.05, 3.63) is 58.6 Å². The number of rotatable bonds is 4. The second kappa shape index (κ2) is 5.83. The Bertz CT molecular complexity index is 729. The molecule has 2 aromatic rings. The minimum atomic E-state index is -3.69. The molecular weight excluding hydrogens is 298 g/mol. The zero-order chi connectivity index (χ0) is 14.8. The van der Waals surface area contributed by atoms with Crippen LogP contribution < -0.4 is 9.88 Å². The summed E-state index contributed by atoms with van der Waals surface area (Å²) < 4.78 is 28.1. The van der Waals surface area contributed by atoms with Crippen LogP contribution in [0.5, 0.6) is 5.75 Å². The van der Waals surface area contributed by atoms with Gasteiger partial charge in [0.1, 0.15) is 12.4 Å². The Morgan fingerprint density at radius 3 is 2.55 bits per heavy atom. The monoisotopic (exact) mass is 311 g/mol. The van der Waals surface area contributed by atoms with Crippen molar-refractivity contribution in [2.75, 3.05) is 0 Å². The molecule has 4 nitrogen and oxygen atoms in total. The largest absolute Gasteiger partial charge is 0.489 e. The first-order valence-electron chi connectivity index (χ1n) is 5.87. The predicted octanol–water partition coefficient (Wildman–Crippen LogP) is 2.87. The van der Waals surface area contributed by atoms with E-state index in [1.807, 2.05) is 18.2 Å². The molecular formula is C14H14ClNO3S. The molecule has 0 saturated carbocycles. The number of primary sulfonamides is 1. The van der Waals surface area contributed by atoms with E-state index in [-0.39, 0.29) is 4.90 Å². The Hall–Kier alpha value is -1.56. The molecule has 0 radical (unpaired) electrons. The highest BCUT2D eigenvalue weighted by Gasteiger charge is 2.10. The van der Waals surface area contributed by atoms with E-state index in [0.29, 0.717) is 22.9 Å². The molecule has 0 amide bonds. The molecule has 106 valence electrons. The number of halogens is 1. The first kappa shape index (κ1) is 14.8. The first-order valence-corrected chi connectivity index (χ1v) is 7.79. The number of hydrogen-bond donors (Lipinski definition) is 1. The van der Waals surface area contributed by atoms with Crippen molar-refractivity contribution in [3.63, 3.8) is 0 Å². The van der Waals surface area contributed by atoms with Gasteiger partial charge in [-0.1, -0.05) is 23.7 Å². The van der Waals surface area contributed by atoms with Crippen molar-refractivity contribution in [2.45, 2.75) is 18.4 Å². The normalized spacial score (nSPS) is 11.3. The number of aryl methyl sites for hydroxylation is 1. The van der Waals surface area contributed by atoms with E-state index in [9.17, 15) is 8.42 Å². The highest BCUT2D eigenvalue weighted by atomic mass is 35.5. The van der Waals surface area contributed by atoms with Crippen molar-refractivity contribution in [2.24, 2.45) is 5.14 Å². The van der Waals surface area contributed by atoms with Gasteiger partial charge in [-0.2, -0.15) is 0 Å². The van der Waals surface area contributed by atoms with Gasteiger partial charge in [0.15, 0.2) is 0 Å². The molecule has 20 heavy (non-hydrogen) atoms. The van der Waals surface area contributed by atoms with E-state index < -0.39 is 10.0 Å². The van der Waals surface area contributed by atoms with Crippen LogP contribution in [0.15, 0.2) is 47.4 Å². The molecule has 0 aliphatic heterocycles. The zero-order valence-electron chi connectivity index (χ0n) is 10.8. The minimum Gasteiger partial charge on any atom is -0.489 e. The number of benzene rings is 2. The van der Waals surface area contributed by atoms with Crippen LogP contribution in [-0.4, -0.2) is 8.42 Å². The summed E-state index contributed by atoms with van der Waals surface area (Å²) in [6, 6.07) is 11.9. The molecule has 0 aliphatic rings. The lowest BCUT2D eigenvalue weighted by Gasteiger charge is -2.10. The lowest BCUT2D eigenvalue weighted by molar-refractivity contribution is 0.304. The molecule has 0 atom stereocenters. The lowest BCUT2D eigenvalue weighted by Crippen LogP contribution is -2.12. The summed E-state index contributed by atoms with van der Waals surface area (Å²) in [6.07, 6.45) is 0. The maximum Gasteiger partial charge on any atom is 0.238 e. The maximum atomic E-state index is 11.2. The molecule has 0 unspecified atom stereocenters. The Morgan fingerprint density at radius 2 is 1.95 bits per heavy atom. The van der Waals surface area contributed by atoms with Crippen LogP contribution >= 0.6 is 11.6 Å². The summed E-state index contributed by atoms with van der Waals surface area (Å²) >= 11 is 5.89. The van der Waals surface area contributed by atoms with Crippen LogP contribution in [0.3, 0.4) is 0 Å². The average molecular weight is 312 g/mol. The minimum absolute atomic E-state index is 0.0742. The van der Waals surface area contributed by atoms with E-state index in [2.05, 4.69) is 0 Å². The third-order valence-electron chi connectivity index (χ3n) is 2.76. The molecule has 2 N–H and O–H groups in total. The average Bonchev–Trinajstić information content (AvgIpc) is 2.36. The van der Waals surface area contributed by atoms with Crippen molar-refractivity contribution in [1.82, 2.24) is 0 Å². The molecule has 0 heterocycles. The van der Waals surface area contributed by atoms with Crippen molar-refractivity contribution < 1.29 is 13.2 Å². The van der Waals surface area contributed by atoms with E-state index in [1.165, 1.54) is 12.1 Å². The second-order valence-electron chi connectivity index (χ2n) is 4.39. The highest BCUT2D eigenvalue weighted by molar-refractivity contribution is 7.89.